The van der Waals surface area contributed by atoms with Gasteiger partial charge in [0, 0.05) is 49.8 Å². The number of benzene rings is 3. The summed E-state index contributed by atoms with van der Waals surface area (Å²) in [5, 5.41) is 6.37. The Kier molecular flexibility index (Phi) is 11.2. The molecule has 2 atom stereocenters. The van der Waals surface area contributed by atoms with Gasteiger partial charge in [-0.2, -0.15) is 0 Å². The Balaban J connectivity index is 1.47. The first-order valence-electron chi connectivity index (χ1n) is 14.3. The molecule has 0 radical (unpaired) electrons. The number of hydrogen-bond acceptors (Lipinski definition) is 4. The molecule has 0 aliphatic carbocycles. The first-order chi connectivity index (χ1) is 20.4. The monoisotopic (exact) mass is 570 g/mol. The SMILES string of the molecule is NC(N)=NCCC[C@@H]1N[C@H](CNC(=O)C=Cc2ccccc2F)CCN(CC(c2ccccc2)c2ccccc2)C1=O. The van der Waals surface area contributed by atoms with E-state index in [1.165, 1.54) is 18.2 Å². The summed E-state index contributed by atoms with van der Waals surface area (Å²) in [4.78, 5) is 32.4. The minimum atomic E-state index is -0.454. The van der Waals surface area contributed by atoms with E-state index >= 15 is 0 Å². The molecule has 1 heterocycles. The topological polar surface area (TPSA) is 126 Å². The summed E-state index contributed by atoms with van der Waals surface area (Å²) in [6.45, 7) is 1.82. The van der Waals surface area contributed by atoms with E-state index in [9.17, 15) is 14.0 Å². The quantitative estimate of drug-likeness (QED) is 0.115. The van der Waals surface area contributed by atoms with Gasteiger partial charge in [0.25, 0.3) is 0 Å². The summed E-state index contributed by atoms with van der Waals surface area (Å²) in [6.07, 6.45) is 4.61. The lowest BCUT2D eigenvalue weighted by atomic mass is 9.90. The zero-order valence-corrected chi connectivity index (χ0v) is 23.7. The first-order valence-corrected chi connectivity index (χ1v) is 14.3. The van der Waals surface area contributed by atoms with E-state index in [4.69, 9.17) is 11.5 Å². The molecule has 0 aromatic heterocycles. The Morgan fingerprint density at radius 1 is 1.02 bits per heavy atom. The average Bonchev–Trinajstić information content (AvgIpc) is 3.15. The smallest absolute Gasteiger partial charge is 0.244 e. The van der Waals surface area contributed by atoms with Crippen LogP contribution in [0.15, 0.2) is 96.0 Å². The maximum absolute atomic E-state index is 13.9. The second-order valence-electron chi connectivity index (χ2n) is 10.4. The lowest BCUT2D eigenvalue weighted by Gasteiger charge is -2.29. The minimum Gasteiger partial charge on any atom is -0.370 e. The number of amides is 2. The zero-order chi connectivity index (χ0) is 29.7. The van der Waals surface area contributed by atoms with Crippen LogP contribution in [0.4, 0.5) is 4.39 Å². The van der Waals surface area contributed by atoms with Crippen molar-refractivity contribution in [2.24, 2.45) is 16.5 Å². The van der Waals surface area contributed by atoms with Crippen LogP contribution in [-0.2, 0) is 9.59 Å². The highest BCUT2D eigenvalue weighted by atomic mass is 19.1. The van der Waals surface area contributed by atoms with Crippen molar-refractivity contribution in [3.05, 3.63) is 114 Å². The van der Waals surface area contributed by atoms with E-state index in [0.29, 0.717) is 51.0 Å². The normalized spacial score (nSPS) is 17.3. The number of nitrogens with zero attached hydrogens (tertiary/aromatic N) is 2. The molecule has 9 heteroatoms. The van der Waals surface area contributed by atoms with Gasteiger partial charge in [0.15, 0.2) is 5.96 Å². The fourth-order valence-corrected chi connectivity index (χ4v) is 5.19. The van der Waals surface area contributed by atoms with E-state index in [1.54, 1.807) is 18.2 Å². The molecule has 1 saturated heterocycles. The standard InChI is InChI=1S/C33H39FN6O2/c34-29-15-8-7-14-26(29)17-18-31(41)38-22-27-19-21-40(32(42)30(39-27)16-9-20-37-33(35)36)23-28(24-10-3-1-4-11-24)25-12-5-2-6-13-25/h1-8,10-15,17-18,27-28,30,39H,9,16,19-23H2,(H,38,41)(H4,35,36,37)/t27-,30-/m0/s1. The maximum Gasteiger partial charge on any atom is 0.244 e. The van der Waals surface area contributed by atoms with E-state index in [-0.39, 0.29) is 29.7 Å². The second kappa shape index (κ2) is 15.5. The van der Waals surface area contributed by atoms with Gasteiger partial charge in [-0.15, -0.1) is 0 Å². The Morgan fingerprint density at radius 2 is 1.67 bits per heavy atom. The average molecular weight is 571 g/mol. The molecule has 0 unspecified atom stereocenters. The molecule has 0 saturated carbocycles. The van der Waals surface area contributed by atoms with E-state index in [1.807, 2.05) is 41.3 Å². The van der Waals surface area contributed by atoms with Crippen molar-refractivity contribution in [2.75, 3.05) is 26.2 Å². The molecular formula is C33H39FN6O2. The summed E-state index contributed by atoms with van der Waals surface area (Å²) in [6, 6.07) is 26.1. The highest BCUT2D eigenvalue weighted by molar-refractivity contribution is 5.91. The summed E-state index contributed by atoms with van der Waals surface area (Å²) >= 11 is 0. The number of aliphatic imine (C=N–C) groups is 1. The molecule has 220 valence electrons. The van der Waals surface area contributed by atoms with Gasteiger partial charge in [-0.3, -0.25) is 14.6 Å². The van der Waals surface area contributed by atoms with Crippen molar-refractivity contribution in [1.29, 1.82) is 0 Å². The highest BCUT2D eigenvalue weighted by Crippen LogP contribution is 2.27. The first kappa shape index (κ1) is 30.5. The van der Waals surface area contributed by atoms with Gasteiger partial charge < -0.3 is 27.0 Å². The van der Waals surface area contributed by atoms with E-state index < -0.39 is 11.9 Å². The number of carbonyl (C=O) groups is 2. The lowest BCUT2D eigenvalue weighted by Crippen LogP contribution is -2.49. The molecule has 4 rings (SSSR count). The van der Waals surface area contributed by atoms with Crippen LogP contribution < -0.4 is 22.1 Å². The molecule has 1 fully saturated rings. The van der Waals surface area contributed by atoms with E-state index in [2.05, 4.69) is 39.9 Å². The van der Waals surface area contributed by atoms with Crippen LogP contribution >= 0.6 is 0 Å². The van der Waals surface area contributed by atoms with Crippen LogP contribution in [0.25, 0.3) is 6.08 Å². The number of carbonyl (C=O) groups excluding carboxylic acids is 2. The van der Waals surface area contributed by atoms with Gasteiger partial charge in [0.1, 0.15) is 5.82 Å². The molecule has 3 aromatic rings. The van der Waals surface area contributed by atoms with Crippen molar-refractivity contribution in [3.63, 3.8) is 0 Å². The van der Waals surface area contributed by atoms with Crippen LogP contribution in [-0.4, -0.2) is 60.9 Å². The van der Waals surface area contributed by atoms with Crippen LogP contribution in [0.1, 0.15) is 41.9 Å². The molecule has 42 heavy (non-hydrogen) atoms. The van der Waals surface area contributed by atoms with Crippen molar-refractivity contribution in [1.82, 2.24) is 15.5 Å². The fourth-order valence-electron chi connectivity index (χ4n) is 5.19. The number of guanidine groups is 1. The molecule has 6 N–H and O–H groups in total. The number of rotatable bonds is 12. The van der Waals surface area contributed by atoms with Gasteiger partial charge in [-0.25, -0.2) is 4.39 Å². The van der Waals surface area contributed by atoms with Crippen LogP contribution in [0.3, 0.4) is 0 Å². The van der Waals surface area contributed by atoms with Crippen LogP contribution in [0.5, 0.6) is 0 Å². The zero-order valence-electron chi connectivity index (χ0n) is 23.7. The van der Waals surface area contributed by atoms with Gasteiger partial charge in [0.2, 0.25) is 11.8 Å². The number of nitrogens with one attached hydrogen (secondary N) is 2. The molecule has 1 aliphatic rings. The Bertz CT molecular complexity index is 1320. The highest BCUT2D eigenvalue weighted by Gasteiger charge is 2.32. The molecular weight excluding hydrogens is 531 g/mol. The van der Waals surface area contributed by atoms with Crippen molar-refractivity contribution in [3.8, 4) is 0 Å². The number of halogens is 1. The predicted octanol–water partition coefficient (Wildman–Crippen LogP) is 3.40. The van der Waals surface area contributed by atoms with Crippen LogP contribution in [0, 0.1) is 5.82 Å². The molecule has 0 spiro atoms. The van der Waals surface area contributed by atoms with Gasteiger partial charge in [0.05, 0.1) is 6.04 Å². The third kappa shape index (κ3) is 9.01. The second-order valence-corrected chi connectivity index (χ2v) is 10.4. The summed E-state index contributed by atoms with van der Waals surface area (Å²) in [5.41, 5.74) is 13.6. The van der Waals surface area contributed by atoms with Gasteiger partial charge in [-0.1, -0.05) is 78.9 Å². The fraction of sp³-hybridized carbons (Fsp3) is 0.303. The molecule has 0 bridgehead atoms. The van der Waals surface area contributed by atoms with Crippen molar-refractivity contribution >= 4 is 23.8 Å². The largest absolute Gasteiger partial charge is 0.370 e. The molecule has 3 aromatic carbocycles. The Labute approximate surface area is 246 Å². The van der Waals surface area contributed by atoms with Crippen LogP contribution in [0.2, 0.25) is 0 Å². The molecule has 1 aliphatic heterocycles. The number of nitrogens with two attached hydrogens (primary N) is 2. The summed E-state index contributed by atoms with van der Waals surface area (Å²) < 4.78 is 13.9. The third-order valence-corrected chi connectivity index (χ3v) is 7.39. The lowest BCUT2D eigenvalue weighted by molar-refractivity contribution is -0.133. The summed E-state index contributed by atoms with van der Waals surface area (Å²) in [7, 11) is 0. The molecule has 8 nitrogen and oxygen atoms in total. The molecule has 2 amide bonds. The third-order valence-electron chi connectivity index (χ3n) is 7.39. The van der Waals surface area contributed by atoms with Gasteiger partial charge >= 0.3 is 0 Å². The maximum atomic E-state index is 13.9. The minimum absolute atomic E-state index is 0.0124. The summed E-state index contributed by atoms with van der Waals surface area (Å²) in [5.74, 6) is -0.666. The van der Waals surface area contributed by atoms with E-state index in [0.717, 1.165) is 11.1 Å². The van der Waals surface area contributed by atoms with Gasteiger partial charge in [-0.05, 0) is 42.5 Å². The van der Waals surface area contributed by atoms with Crippen molar-refractivity contribution < 1.29 is 14.0 Å². The predicted molar refractivity (Wildman–Crippen MR) is 165 cm³/mol. The Morgan fingerprint density at radius 3 is 2.31 bits per heavy atom. The number of hydrogen-bond donors (Lipinski definition) is 4. The Hall–Kier alpha value is -4.50. The van der Waals surface area contributed by atoms with Crippen molar-refractivity contribution in [2.45, 2.75) is 37.3 Å².